The van der Waals surface area contributed by atoms with Crippen LogP contribution in [0.5, 0.6) is 11.5 Å². The molecular weight excluding hydrogens is 260 g/mol. The number of hydrogen-bond acceptors (Lipinski definition) is 3. The molecule has 1 N–H and O–H groups in total. The Balaban J connectivity index is 2.31. The average Bonchev–Trinajstić information content (AvgIpc) is 2.41. The van der Waals surface area contributed by atoms with Gasteiger partial charge >= 0.3 is 0 Å². The van der Waals surface area contributed by atoms with Crippen molar-refractivity contribution in [2.24, 2.45) is 0 Å². The third kappa shape index (κ3) is 3.46. The normalized spacial score (nSPS) is 10.5. The summed E-state index contributed by atoms with van der Waals surface area (Å²) in [6.07, 6.45) is 1.74. The highest BCUT2D eigenvalue weighted by molar-refractivity contribution is 6.32. The maximum absolute atomic E-state index is 6.24. The fourth-order valence-corrected chi connectivity index (χ4v) is 1.99. The molecule has 0 unspecified atom stereocenters. The van der Waals surface area contributed by atoms with Gasteiger partial charge in [0.25, 0.3) is 0 Å². The van der Waals surface area contributed by atoms with E-state index in [1.165, 1.54) is 0 Å². The van der Waals surface area contributed by atoms with Crippen molar-refractivity contribution in [1.29, 1.82) is 0 Å². The zero-order chi connectivity index (χ0) is 13.7. The van der Waals surface area contributed by atoms with Gasteiger partial charge in [0, 0.05) is 18.3 Å². The summed E-state index contributed by atoms with van der Waals surface area (Å²) < 4.78 is 5.93. The smallest absolute Gasteiger partial charge is 0.150 e. The second-order valence-corrected chi connectivity index (χ2v) is 4.60. The van der Waals surface area contributed by atoms with Crippen molar-refractivity contribution in [3.05, 3.63) is 52.8 Å². The molecule has 0 aliphatic carbocycles. The molecule has 2 aromatic rings. The van der Waals surface area contributed by atoms with E-state index in [0.29, 0.717) is 10.8 Å². The minimum Gasteiger partial charge on any atom is -0.454 e. The molecule has 0 fully saturated rings. The Morgan fingerprint density at radius 1 is 1.26 bits per heavy atom. The van der Waals surface area contributed by atoms with Crippen LogP contribution in [0.1, 0.15) is 18.2 Å². The van der Waals surface area contributed by atoms with Gasteiger partial charge in [0.2, 0.25) is 0 Å². The number of aryl methyl sites for hydroxylation is 1. The first-order chi connectivity index (χ1) is 9.22. The second kappa shape index (κ2) is 6.55. The van der Waals surface area contributed by atoms with Gasteiger partial charge in [-0.25, -0.2) is 0 Å². The summed E-state index contributed by atoms with van der Waals surface area (Å²) in [7, 11) is 0. The van der Waals surface area contributed by atoms with E-state index in [-0.39, 0.29) is 0 Å². The lowest BCUT2D eigenvalue weighted by Gasteiger charge is -2.14. The molecule has 0 amide bonds. The van der Waals surface area contributed by atoms with Crippen LogP contribution >= 0.6 is 11.6 Å². The molecule has 1 aromatic carbocycles. The molecule has 19 heavy (non-hydrogen) atoms. The standard InChI is InChI=1S/C15H17ClN2O/c1-3-17-10-12-6-4-7-13(16)15(12)19-14-8-5-9-18-11(14)2/h4-9,17H,3,10H2,1-2H3. The van der Waals surface area contributed by atoms with Crippen LogP contribution in [0, 0.1) is 6.92 Å². The van der Waals surface area contributed by atoms with E-state index in [1.807, 2.05) is 37.3 Å². The Morgan fingerprint density at radius 2 is 2.11 bits per heavy atom. The zero-order valence-corrected chi connectivity index (χ0v) is 11.9. The molecule has 0 spiro atoms. The summed E-state index contributed by atoms with van der Waals surface area (Å²) in [6, 6.07) is 9.51. The van der Waals surface area contributed by atoms with E-state index in [1.54, 1.807) is 6.20 Å². The maximum Gasteiger partial charge on any atom is 0.150 e. The first-order valence-corrected chi connectivity index (χ1v) is 6.67. The van der Waals surface area contributed by atoms with Gasteiger partial charge in [-0.2, -0.15) is 0 Å². The lowest BCUT2D eigenvalue weighted by molar-refractivity contribution is 0.467. The quantitative estimate of drug-likeness (QED) is 0.898. The average molecular weight is 277 g/mol. The predicted molar refractivity (Wildman–Crippen MR) is 77.9 cm³/mol. The zero-order valence-electron chi connectivity index (χ0n) is 11.1. The fourth-order valence-electron chi connectivity index (χ4n) is 1.75. The molecule has 0 aliphatic rings. The van der Waals surface area contributed by atoms with Gasteiger partial charge < -0.3 is 10.1 Å². The van der Waals surface area contributed by atoms with Crippen molar-refractivity contribution in [3.63, 3.8) is 0 Å². The molecular formula is C15H17ClN2O. The summed E-state index contributed by atoms with van der Waals surface area (Å²) in [5.74, 6) is 1.43. The van der Waals surface area contributed by atoms with E-state index in [4.69, 9.17) is 16.3 Å². The number of halogens is 1. The van der Waals surface area contributed by atoms with Gasteiger partial charge in [-0.05, 0) is 31.7 Å². The second-order valence-electron chi connectivity index (χ2n) is 4.20. The van der Waals surface area contributed by atoms with Crippen molar-refractivity contribution < 1.29 is 4.74 Å². The van der Waals surface area contributed by atoms with E-state index in [2.05, 4.69) is 17.2 Å². The predicted octanol–water partition coefficient (Wildman–Crippen LogP) is 3.95. The lowest BCUT2D eigenvalue weighted by Crippen LogP contribution is -2.12. The Bertz CT molecular complexity index is 558. The number of rotatable bonds is 5. The van der Waals surface area contributed by atoms with E-state index >= 15 is 0 Å². The molecule has 1 aromatic heterocycles. The minimum atomic E-state index is 0.610. The first-order valence-electron chi connectivity index (χ1n) is 6.30. The molecule has 4 heteroatoms. The van der Waals surface area contributed by atoms with E-state index < -0.39 is 0 Å². The van der Waals surface area contributed by atoms with Gasteiger partial charge in [-0.3, -0.25) is 4.98 Å². The van der Waals surface area contributed by atoms with Gasteiger partial charge in [0.05, 0.1) is 10.7 Å². The lowest BCUT2D eigenvalue weighted by atomic mass is 10.2. The van der Waals surface area contributed by atoms with Crippen LogP contribution in [0.25, 0.3) is 0 Å². The Hall–Kier alpha value is -1.58. The van der Waals surface area contributed by atoms with Crippen LogP contribution < -0.4 is 10.1 Å². The van der Waals surface area contributed by atoms with Gasteiger partial charge in [0.1, 0.15) is 5.75 Å². The van der Waals surface area contributed by atoms with E-state index in [0.717, 1.165) is 30.1 Å². The molecule has 0 saturated carbocycles. The summed E-state index contributed by atoms with van der Waals surface area (Å²) in [6.45, 7) is 5.61. The number of aromatic nitrogens is 1. The maximum atomic E-state index is 6.24. The topological polar surface area (TPSA) is 34.1 Å². The molecule has 100 valence electrons. The minimum absolute atomic E-state index is 0.610. The number of pyridine rings is 1. The molecule has 0 radical (unpaired) electrons. The summed E-state index contributed by atoms with van der Waals surface area (Å²) in [4.78, 5) is 4.21. The number of para-hydroxylation sites is 1. The third-order valence-electron chi connectivity index (χ3n) is 2.78. The first kappa shape index (κ1) is 13.8. The van der Waals surface area contributed by atoms with Crippen molar-refractivity contribution >= 4 is 11.6 Å². The molecule has 0 bridgehead atoms. The van der Waals surface area contributed by atoms with Crippen LogP contribution in [0.4, 0.5) is 0 Å². The largest absolute Gasteiger partial charge is 0.454 e. The Labute approximate surface area is 118 Å². The van der Waals surface area contributed by atoms with Crippen molar-refractivity contribution in [3.8, 4) is 11.5 Å². The molecule has 3 nitrogen and oxygen atoms in total. The molecule has 0 saturated heterocycles. The summed E-state index contributed by atoms with van der Waals surface area (Å²) >= 11 is 6.24. The highest BCUT2D eigenvalue weighted by atomic mass is 35.5. The van der Waals surface area contributed by atoms with Crippen molar-refractivity contribution in [2.45, 2.75) is 20.4 Å². The van der Waals surface area contributed by atoms with Crippen LogP contribution in [-0.4, -0.2) is 11.5 Å². The van der Waals surface area contributed by atoms with Gasteiger partial charge in [-0.15, -0.1) is 0 Å². The Morgan fingerprint density at radius 3 is 2.84 bits per heavy atom. The van der Waals surface area contributed by atoms with Crippen molar-refractivity contribution in [1.82, 2.24) is 10.3 Å². The Kier molecular flexibility index (Phi) is 4.77. The summed E-state index contributed by atoms with van der Waals surface area (Å²) in [5, 5.41) is 3.89. The van der Waals surface area contributed by atoms with E-state index in [9.17, 15) is 0 Å². The SMILES string of the molecule is CCNCc1cccc(Cl)c1Oc1cccnc1C. The van der Waals surface area contributed by atoms with Crippen molar-refractivity contribution in [2.75, 3.05) is 6.54 Å². The molecule has 0 aliphatic heterocycles. The monoisotopic (exact) mass is 276 g/mol. The number of nitrogens with one attached hydrogen (secondary N) is 1. The molecule has 2 rings (SSSR count). The summed E-state index contributed by atoms with van der Waals surface area (Å²) in [5.41, 5.74) is 1.88. The van der Waals surface area contributed by atoms with Crippen LogP contribution in [-0.2, 0) is 6.54 Å². The van der Waals surface area contributed by atoms with Crippen LogP contribution in [0.3, 0.4) is 0 Å². The number of benzene rings is 1. The van der Waals surface area contributed by atoms with Gasteiger partial charge in [0.15, 0.2) is 5.75 Å². The fraction of sp³-hybridized carbons (Fsp3) is 0.267. The number of nitrogens with zero attached hydrogens (tertiary/aromatic N) is 1. The van der Waals surface area contributed by atoms with Crippen LogP contribution in [0.15, 0.2) is 36.5 Å². The number of ether oxygens (including phenoxy) is 1. The third-order valence-corrected chi connectivity index (χ3v) is 3.08. The highest BCUT2D eigenvalue weighted by Crippen LogP contribution is 2.33. The number of hydrogen-bond donors (Lipinski definition) is 1. The van der Waals surface area contributed by atoms with Crippen LogP contribution in [0.2, 0.25) is 5.02 Å². The van der Waals surface area contributed by atoms with Gasteiger partial charge in [-0.1, -0.05) is 30.7 Å². The molecule has 1 heterocycles. The highest BCUT2D eigenvalue weighted by Gasteiger charge is 2.10. The molecule has 0 atom stereocenters.